The topological polar surface area (TPSA) is 54.0 Å². The number of hydrogen-bond donors (Lipinski definition) is 1. The van der Waals surface area contributed by atoms with E-state index in [4.69, 9.17) is 9.47 Å². The Morgan fingerprint density at radius 1 is 1.24 bits per heavy atom. The number of amides is 1. The van der Waals surface area contributed by atoms with Crippen molar-refractivity contribution in [3.63, 3.8) is 0 Å². The van der Waals surface area contributed by atoms with E-state index in [-0.39, 0.29) is 17.7 Å². The number of carbonyl (C=O) groups excluding carboxylic acids is 1. The minimum absolute atomic E-state index is 0.111. The molecule has 1 heterocycles. The molecule has 0 bridgehead atoms. The number of rotatable bonds is 7. The van der Waals surface area contributed by atoms with Crippen LogP contribution in [0.1, 0.15) is 12.5 Å². The lowest BCUT2D eigenvalue weighted by molar-refractivity contribution is -0.120. The van der Waals surface area contributed by atoms with Crippen molar-refractivity contribution >= 4 is 17.3 Å². The predicted octanol–water partition coefficient (Wildman–Crippen LogP) is 3.13. The van der Waals surface area contributed by atoms with Crippen molar-refractivity contribution in [2.45, 2.75) is 19.5 Å². The van der Waals surface area contributed by atoms with Crippen molar-refractivity contribution in [3.05, 3.63) is 53.8 Å². The average Bonchev–Trinajstić information content (AvgIpc) is 2.74. The fraction of sp³-hybridized carbons (Fsp3) is 0.409. The number of carbonyl (C=O) groups is 1. The Morgan fingerprint density at radius 3 is 2.55 bits per heavy atom. The van der Waals surface area contributed by atoms with Crippen LogP contribution in [0.25, 0.3) is 0 Å². The highest BCUT2D eigenvalue weighted by Gasteiger charge is 2.19. The smallest absolute Gasteiger partial charge is 0.241 e. The number of anilines is 2. The van der Waals surface area contributed by atoms with Crippen LogP contribution in [0.4, 0.5) is 15.8 Å². The molecule has 2 aromatic rings. The molecule has 1 amide bonds. The van der Waals surface area contributed by atoms with Gasteiger partial charge in [-0.1, -0.05) is 6.07 Å². The van der Waals surface area contributed by atoms with Gasteiger partial charge in [0.1, 0.15) is 0 Å². The van der Waals surface area contributed by atoms with E-state index in [9.17, 15) is 9.18 Å². The Labute approximate surface area is 171 Å². The van der Waals surface area contributed by atoms with E-state index in [1.165, 1.54) is 13.2 Å². The van der Waals surface area contributed by atoms with Gasteiger partial charge < -0.3 is 19.7 Å². The molecular formula is C22H28FN3O3. The molecule has 1 aliphatic heterocycles. The fourth-order valence-electron chi connectivity index (χ4n) is 3.26. The Bertz CT molecular complexity index is 823. The molecule has 156 valence electrons. The van der Waals surface area contributed by atoms with Crippen molar-refractivity contribution in [3.8, 4) is 5.75 Å². The third-order valence-corrected chi connectivity index (χ3v) is 5.20. The highest BCUT2D eigenvalue weighted by Crippen LogP contribution is 2.21. The maximum absolute atomic E-state index is 13.9. The van der Waals surface area contributed by atoms with Gasteiger partial charge in [0.05, 0.1) is 26.4 Å². The number of ether oxygens (including phenoxy) is 2. The molecule has 1 fully saturated rings. The summed E-state index contributed by atoms with van der Waals surface area (Å²) in [6.45, 7) is 5.50. The molecule has 0 spiro atoms. The molecule has 29 heavy (non-hydrogen) atoms. The number of halogens is 1. The summed E-state index contributed by atoms with van der Waals surface area (Å²) in [7, 11) is 3.28. The zero-order chi connectivity index (χ0) is 20.8. The van der Waals surface area contributed by atoms with Crippen LogP contribution in [0.3, 0.4) is 0 Å². The molecule has 7 heteroatoms. The Morgan fingerprint density at radius 2 is 1.93 bits per heavy atom. The first kappa shape index (κ1) is 21.1. The molecular weight excluding hydrogens is 373 g/mol. The summed E-state index contributed by atoms with van der Waals surface area (Å²) in [4.78, 5) is 16.8. The monoisotopic (exact) mass is 401 g/mol. The third kappa shape index (κ3) is 5.46. The quantitative estimate of drug-likeness (QED) is 0.773. The normalized spacial score (nSPS) is 15.3. The fourth-order valence-corrected chi connectivity index (χ4v) is 3.26. The standard InChI is InChI=1S/C22H28FN3O3/c1-16(25(2)15-17-4-9-21(28-3)20(23)14-17)22(27)24-18-5-7-19(8-6-18)26-10-12-29-13-11-26/h4-9,14,16H,10-13,15H2,1-3H3,(H,24,27)/t16-/m0/s1. The predicted molar refractivity (Wildman–Crippen MR) is 112 cm³/mol. The minimum atomic E-state index is -0.407. The van der Waals surface area contributed by atoms with E-state index in [2.05, 4.69) is 10.2 Å². The summed E-state index contributed by atoms with van der Waals surface area (Å²) < 4.78 is 24.2. The maximum Gasteiger partial charge on any atom is 0.241 e. The summed E-state index contributed by atoms with van der Waals surface area (Å²) >= 11 is 0. The number of hydrogen-bond acceptors (Lipinski definition) is 5. The van der Waals surface area contributed by atoms with E-state index in [1.54, 1.807) is 12.1 Å². The van der Waals surface area contributed by atoms with Gasteiger partial charge >= 0.3 is 0 Å². The molecule has 2 aromatic carbocycles. The zero-order valence-electron chi connectivity index (χ0n) is 17.2. The molecule has 1 atom stereocenters. The van der Waals surface area contributed by atoms with Crippen molar-refractivity contribution in [2.24, 2.45) is 0 Å². The van der Waals surface area contributed by atoms with Crippen LogP contribution in [0.15, 0.2) is 42.5 Å². The van der Waals surface area contributed by atoms with Crippen molar-refractivity contribution < 1.29 is 18.7 Å². The van der Waals surface area contributed by atoms with Gasteiger partial charge in [-0.3, -0.25) is 9.69 Å². The Hall–Kier alpha value is -2.64. The average molecular weight is 401 g/mol. The molecule has 0 aliphatic carbocycles. The van der Waals surface area contributed by atoms with Crippen LogP contribution in [-0.4, -0.2) is 57.3 Å². The van der Waals surface area contributed by atoms with Crippen LogP contribution in [-0.2, 0) is 16.1 Å². The summed E-state index contributed by atoms with van der Waals surface area (Å²) in [5.74, 6) is -0.306. The highest BCUT2D eigenvalue weighted by molar-refractivity contribution is 5.94. The van der Waals surface area contributed by atoms with Crippen molar-refractivity contribution in [1.82, 2.24) is 4.90 Å². The molecule has 3 rings (SSSR count). The SMILES string of the molecule is COc1ccc(CN(C)[C@@H](C)C(=O)Nc2ccc(N3CCOCC3)cc2)cc1F. The lowest BCUT2D eigenvalue weighted by Gasteiger charge is -2.29. The van der Waals surface area contributed by atoms with E-state index in [0.717, 1.165) is 43.2 Å². The number of nitrogens with zero attached hydrogens (tertiary/aromatic N) is 2. The molecule has 6 nitrogen and oxygen atoms in total. The van der Waals surface area contributed by atoms with Crippen LogP contribution in [0, 0.1) is 5.82 Å². The molecule has 1 aliphatic rings. The number of likely N-dealkylation sites (N-methyl/N-ethyl adjacent to an activating group) is 1. The van der Waals surface area contributed by atoms with Crippen LogP contribution >= 0.6 is 0 Å². The summed E-state index contributed by atoms with van der Waals surface area (Å²) in [5.41, 5.74) is 2.65. The van der Waals surface area contributed by atoms with Gasteiger partial charge in [-0.2, -0.15) is 0 Å². The van der Waals surface area contributed by atoms with Gasteiger partial charge in [0.15, 0.2) is 11.6 Å². The van der Waals surface area contributed by atoms with Crippen molar-refractivity contribution in [1.29, 1.82) is 0 Å². The van der Waals surface area contributed by atoms with Crippen LogP contribution in [0.2, 0.25) is 0 Å². The third-order valence-electron chi connectivity index (χ3n) is 5.20. The highest BCUT2D eigenvalue weighted by atomic mass is 19.1. The number of methoxy groups -OCH3 is 1. The van der Waals surface area contributed by atoms with E-state index < -0.39 is 5.82 Å². The Kier molecular flexibility index (Phi) is 7.06. The van der Waals surface area contributed by atoms with Gasteiger partial charge in [0.25, 0.3) is 0 Å². The van der Waals surface area contributed by atoms with Gasteiger partial charge in [0.2, 0.25) is 5.91 Å². The van der Waals surface area contributed by atoms with E-state index in [1.807, 2.05) is 43.1 Å². The number of benzene rings is 2. The molecule has 1 saturated heterocycles. The first-order valence-electron chi connectivity index (χ1n) is 9.74. The van der Waals surface area contributed by atoms with E-state index >= 15 is 0 Å². The second-order valence-electron chi connectivity index (χ2n) is 7.20. The summed E-state index contributed by atoms with van der Waals surface area (Å²) in [5, 5.41) is 2.95. The summed E-state index contributed by atoms with van der Waals surface area (Å²) in [6, 6.07) is 12.3. The van der Waals surface area contributed by atoms with E-state index in [0.29, 0.717) is 6.54 Å². The molecule has 0 aromatic heterocycles. The second-order valence-corrected chi connectivity index (χ2v) is 7.20. The van der Waals surface area contributed by atoms with Crippen LogP contribution in [0.5, 0.6) is 5.75 Å². The number of nitrogens with one attached hydrogen (secondary N) is 1. The van der Waals surface area contributed by atoms with Crippen LogP contribution < -0.4 is 15.0 Å². The number of morpholine rings is 1. The first-order valence-corrected chi connectivity index (χ1v) is 9.74. The molecule has 0 radical (unpaired) electrons. The van der Waals surface area contributed by atoms with Gasteiger partial charge in [-0.05, 0) is 55.9 Å². The Balaban J connectivity index is 1.55. The zero-order valence-corrected chi connectivity index (χ0v) is 17.2. The minimum Gasteiger partial charge on any atom is -0.494 e. The molecule has 0 saturated carbocycles. The summed E-state index contributed by atoms with van der Waals surface area (Å²) in [6.07, 6.45) is 0. The van der Waals surface area contributed by atoms with Gasteiger partial charge in [0, 0.05) is 31.0 Å². The van der Waals surface area contributed by atoms with Gasteiger partial charge in [-0.15, -0.1) is 0 Å². The largest absolute Gasteiger partial charge is 0.494 e. The maximum atomic E-state index is 13.9. The first-order chi connectivity index (χ1) is 14.0. The molecule has 0 unspecified atom stereocenters. The molecule has 1 N–H and O–H groups in total. The lowest BCUT2D eigenvalue weighted by Crippen LogP contribution is -2.39. The lowest BCUT2D eigenvalue weighted by atomic mass is 10.1. The second kappa shape index (κ2) is 9.71. The van der Waals surface area contributed by atoms with Gasteiger partial charge in [-0.25, -0.2) is 4.39 Å². The van der Waals surface area contributed by atoms with Crippen molar-refractivity contribution in [2.75, 3.05) is 50.7 Å².